The highest BCUT2D eigenvalue weighted by atomic mass is 16.3. The van der Waals surface area contributed by atoms with Crippen LogP contribution >= 0.6 is 0 Å². The maximum atomic E-state index is 11.9. The zero-order chi connectivity index (χ0) is 13.8. The van der Waals surface area contributed by atoms with Crippen LogP contribution in [0.4, 0.5) is 4.79 Å². The third kappa shape index (κ3) is 3.85. The first-order valence-corrected chi connectivity index (χ1v) is 7.78. The van der Waals surface area contributed by atoms with Crippen molar-refractivity contribution in [3.63, 3.8) is 0 Å². The molecule has 5 unspecified atom stereocenters. The van der Waals surface area contributed by atoms with Gasteiger partial charge in [-0.1, -0.05) is 6.42 Å². The van der Waals surface area contributed by atoms with Crippen molar-refractivity contribution in [2.75, 3.05) is 6.61 Å². The minimum absolute atomic E-state index is 0.0549. The van der Waals surface area contributed by atoms with E-state index in [1.165, 1.54) is 25.7 Å². The lowest BCUT2D eigenvalue weighted by Crippen LogP contribution is -2.47. The molecule has 0 radical (unpaired) electrons. The van der Waals surface area contributed by atoms with Crippen LogP contribution < -0.4 is 10.6 Å². The maximum Gasteiger partial charge on any atom is 0.315 e. The molecule has 2 aliphatic rings. The summed E-state index contributed by atoms with van der Waals surface area (Å²) in [5.74, 6) is 2.44. The Bertz CT molecular complexity index is 309. The average Bonchev–Trinajstić information content (AvgIpc) is 2.98. The number of nitrogens with one attached hydrogen (secondary N) is 2. The molecule has 2 amide bonds. The quantitative estimate of drug-likeness (QED) is 0.692. The molecule has 110 valence electrons. The van der Waals surface area contributed by atoms with Crippen LogP contribution in [0.25, 0.3) is 0 Å². The second kappa shape index (κ2) is 6.60. The van der Waals surface area contributed by atoms with Gasteiger partial charge in [-0.3, -0.25) is 0 Å². The van der Waals surface area contributed by atoms with Crippen molar-refractivity contribution in [2.24, 2.45) is 17.8 Å². The van der Waals surface area contributed by atoms with E-state index in [1.54, 1.807) is 0 Å². The number of aliphatic hydroxyl groups is 1. The lowest BCUT2D eigenvalue weighted by Gasteiger charge is -2.29. The number of rotatable bonds is 6. The van der Waals surface area contributed by atoms with Gasteiger partial charge >= 0.3 is 6.03 Å². The van der Waals surface area contributed by atoms with Gasteiger partial charge in [0.1, 0.15) is 0 Å². The normalized spacial score (nSPS) is 32.1. The molecule has 19 heavy (non-hydrogen) atoms. The molecule has 0 spiro atoms. The van der Waals surface area contributed by atoms with Gasteiger partial charge in [-0.25, -0.2) is 4.79 Å². The fourth-order valence-corrected chi connectivity index (χ4v) is 3.96. The van der Waals surface area contributed by atoms with E-state index in [-0.39, 0.29) is 24.7 Å². The highest BCUT2D eigenvalue weighted by Gasteiger charge is 2.42. The van der Waals surface area contributed by atoms with Crippen molar-refractivity contribution in [1.82, 2.24) is 10.6 Å². The molecule has 4 heteroatoms. The second-order valence-electron chi connectivity index (χ2n) is 6.51. The number of hydrogen-bond donors (Lipinski definition) is 3. The Labute approximate surface area is 116 Å². The summed E-state index contributed by atoms with van der Waals surface area (Å²) in [6.07, 6.45) is 7.00. The SMILES string of the molecule is CC(CCCO)NC(=O)NC(C)C1CC2CCC1C2. The lowest BCUT2D eigenvalue weighted by molar-refractivity contribution is 0.215. The third-order valence-electron chi connectivity index (χ3n) is 4.97. The lowest BCUT2D eigenvalue weighted by atomic mass is 9.84. The molecule has 0 saturated heterocycles. The van der Waals surface area contributed by atoms with Crippen LogP contribution in [0.3, 0.4) is 0 Å². The Morgan fingerprint density at radius 2 is 2.05 bits per heavy atom. The summed E-state index contributed by atoms with van der Waals surface area (Å²) in [7, 11) is 0. The Morgan fingerprint density at radius 3 is 2.63 bits per heavy atom. The fourth-order valence-electron chi connectivity index (χ4n) is 3.96. The molecule has 2 rings (SSSR count). The first-order chi connectivity index (χ1) is 9.10. The number of carbonyl (C=O) groups excluding carboxylic acids is 1. The summed E-state index contributed by atoms with van der Waals surface area (Å²) in [5.41, 5.74) is 0. The van der Waals surface area contributed by atoms with Gasteiger partial charge in [0.15, 0.2) is 0 Å². The van der Waals surface area contributed by atoms with Crippen molar-refractivity contribution in [2.45, 2.75) is 64.5 Å². The molecule has 0 heterocycles. The van der Waals surface area contributed by atoms with Crippen molar-refractivity contribution in [1.29, 1.82) is 0 Å². The number of carbonyl (C=O) groups is 1. The van der Waals surface area contributed by atoms with Crippen LogP contribution in [0.1, 0.15) is 52.4 Å². The van der Waals surface area contributed by atoms with E-state index < -0.39 is 0 Å². The number of urea groups is 1. The molecular formula is C15H28N2O2. The zero-order valence-corrected chi connectivity index (χ0v) is 12.2. The van der Waals surface area contributed by atoms with Gasteiger partial charge in [0.2, 0.25) is 0 Å². The summed E-state index contributed by atoms with van der Waals surface area (Å²) in [6.45, 7) is 4.32. The van der Waals surface area contributed by atoms with E-state index in [2.05, 4.69) is 17.6 Å². The molecule has 5 atom stereocenters. The van der Waals surface area contributed by atoms with Crippen LogP contribution in [-0.2, 0) is 0 Å². The van der Waals surface area contributed by atoms with E-state index in [4.69, 9.17) is 5.11 Å². The van der Waals surface area contributed by atoms with Crippen LogP contribution in [0.15, 0.2) is 0 Å². The van der Waals surface area contributed by atoms with Crippen LogP contribution in [0.5, 0.6) is 0 Å². The smallest absolute Gasteiger partial charge is 0.315 e. The Kier molecular flexibility index (Phi) is 5.08. The van der Waals surface area contributed by atoms with Crippen LogP contribution in [-0.4, -0.2) is 29.8 Å². The minimum Gasteiger partial charge on any atom is -0.396 e. The molecule has 2 fully saturated rings. The molecule has 4 nitrogen and oxygen atoms in total. The van der Waals surface area contributed by atoms with Gasteiger partial charge in [0, 0.05) is 18.7 Å². The van der Waals surface area contributed by atoms with Crippen molar-refractivity contribution < 1.29 is 9.90 Å². The van der Waals surface area contributed by atoms with E-state index >= 15 is 0 Å². The first-order valence-electron chi connectivity index (χ1n) is 7.78. The Hall–Kier alpha value is -0.770. The van der Waals surface area contributed by atoms with Gasteiger partial charge in [-0.15, -0.1) is 0 Å². The van der Waals surface area contributed by atoms with Gasteiger partial charge < -0.3 is 15.7 Å². The predicted octanol–water partition coefficient (Wildman–Crippen LogP) is 2.27. The van der Waals surface area contributed by atoms with Gasteiger partial charge in [0.05, 0.1) is 0 Å². The van der Waals surface area contributed by atoms with E-state index in [0.717, 1.165) is 24.7 Å². The number of fused-ring (bicyclic) bond motifs is 2. The largest absolute Gasteiger partial charge is 0.396 e. The number of hydrogen-bond acceptors (Lipinski definition) is 2. The highest BCUT2D eigenvalue weighted by Crippen LogP contribution is 2.49. The van der Waals surface area contributed by atoms with Gasteiger partial charge in [-0.05, 0) is 63.7 Å². The molecule has 0 aromatic carbocycles. The Morgan fingerprint density at radius 1 is 1.26 bits per heavy atom. The van der Waals surface area contributed by atoms with Crippen LogP contribution in [0.2, 0.25) is 0 Å². The van der Waals surface area contributed by atoms with Crippen molar-refractivity contribution in [3.8, 4) is 0 Å². The molecule has 2 aliphatic carbocycles. The third-order valence-corrected chi connectivity index (χ3v) is 4.97. The molecule has 0 aliphatic heterocycles. The molecule has 0 aromatic rings. The molecule has 2 bridgehead atoms. The van der Waals surface area contributed by atoms with Gasteiger partial charge in [-0.2, -0.15) is 0 Å². The monoisotopic (exact) mass is 268 g/mol. The predicted molar refractivity (Wildman–Crippen MR) is 75.8 cm³/mol. The summed E-state index contributed by atoms with van der Waals surface area (Å²) in [5, 5.41) is 14.8. The standard InChI is InChI=1S/C15H28N2O2/c1-10(4-3-7-18)16-15(19)17-11(2)14-9-12-5-6-13(14)8-12/h10-14,18H,3-9H2,1-2H3,(H2,16,17,19). The fraction of sp³-hybridized carbons (Fsp3) is 0.933. The summed E-state index contributed by atoms with van der Waals surface area (Å²) >= 11 is 0. The molecule has 3 N–H and O–H groups in total. The molecule has 2 saturated carbocycles. The topological polar surface area (TPSA) is 61.4 Å². The second-order valence-corrected chi connectivity index (χ2v) is 6.51. The van der Waals surface area contributed by atoms with Crippen LogP contribution in [0, 0.1) is 17.8 Å². The maximum absolute atomic E-state index is 11.9. The van der Waals surface area contributed by atoms with Gasteiger partial charge in [0.25, 0.3) is 0 Å². The Balaban J connectivity index is 1.70. The number of aliphatic hydroxyl groups excluding tert-OH is 1. The van der Waals surface area contributed by atoms with Crippen molar-refractivity contribution >= 4 is 6.03 Å². The van der Waals surface area contributed by atoms with E-state index in [9.17, 15) is 4.79 Å². The molecular weight excluding hydrogens is 240 g/mol. The first kappa shape index (κ1) is 14.6. The molecule has 0 aromatic heterocycles. The highest BCUT2D eigenvalue weighted by molar-refractivity contribution is 5.74. The summed E-state index contributed by atoms with van der Waals surface area (Å²) in [4.78, 5) is 11.9. The number of amides is 2. The average molecular weight is 268 g/mol. The van der Waals surface area contributed by atoms with E-state index in [1.807, 2.05) is 6.92 Å². The zero-order valence-electron chi connectivity index (χ0n) is 12.2. The summed E-state index contributed by atoms with van der Waals surface area (Å²) < 4.78 is 0. The van der Waals surface area contributed by atoms with E-state index in [0.29, 0.717) is 5.92 Å². The van der Waals surface area contributed by atoms with Crippen molar-refractivity contribution in [3.05, 3.63) is 0 Å². The summed E-state index contributed by atoms with van der Waals surface area (Å²) in [6, 6.07) is 0.348. The minimum atomic E-state index is -0.0549.